The van der Waals surface area contributed by atoms with Gasteiger partial charge in [0.05, 0.1) is 12.0 Å². The van der Waals surface area contributed by atoms with Crippen molar-refractivity contribution < 1.29 is 10.2 Å². The predicted octanol–water partition coefficient (Wildman–Crippen LogP) is 2.02. The maximum atomic E-state index is 9.57. The summed E-state index contributed by atoms with van der Waals surface area (Å²) in [6.07, 6.45) is 5.62. The third kappa shape index (κ3) is 3.00. The molecule has 3 heterocycles. The van der Waals surface area contributed by atoms with Crippen LogP contribution >= 0.6 is 0 Å². The highest BCUT2D eigenvalue weighted by Crippen LogP contribution is 2.36. The zero-order valence-electron chi connectivity index (χ0n) is 14.5. The minimum atomic E-state index is 0.200. The lowest BCUT2D eigenvalue weighted by Crippen LogP contribution is -2.36. The van der Waals surface area contributed by atoms with Crippen LogP contribution in [-0.4, -0.2) is 55.9 Å². The lowest BCUT2D eigenvalue weighted by molar-refractivity contribution is 0.150. The predicted molar refractivity (Wildman–Crippen MR) is 101 cm³/mol. The Hall–Kier alpha value is -2.64. The molecule has 7 heteroatoms. The van der Waals surface area contributed by atoms with E-state index in [0.717, 1.165) is 54.6 Å². The van der Waals surface area contributed by atoms with Gasteiger partial charge < -0.3 is 25.4 Å². The Morgan fingerprint density at radius 2 is 1.85 bits per heavy atom. The topological polar surface area (TPSA) is 100 Å². The quantitative estimate of drug-likeness (QED) is 0.663. The highest BCUT2D eigenvalue weighted by Gasteiger charge is 2.24. The van der Waals surface area contributed by atoms with Crippen molar-refractivity contribution in [1.29, 1.82) is 0 Å². The second-order valence-electron chi connectivity index (χ2n) is 6.75. The summed E-state index contributed by atoms with van der Waals surface area (Å²) in [5.74, 6) is 0.701. The summed E-state index contributed by atoms with van der Waals surface area (Å²) in [5, 5.41) is 19.6. The molecule has 0 aliphatic carbocycles. The summed E-state index contributed by atoms with van der Waals surface area (Å²) in [6, 6.07) is 7.44. The van der Waals surface area contributed by atoms with Crippen molar-refractivity contribution in [1.82, 2.24) is 19.4 Å². The van der Waals surface area contributed by atoms with Crippen molar-refractivity contribution in [2.75, 3.05) is 32.0 Å². The van der Waals surface area contributed by atoms with Crippen LogP contribution in [0.25, 0.3) is 22.2 Å². The third-order valence-corrected chi connectivity index (χ3v) is 5.18. The maximum Gasteiger partial charge on any atom is 0.146 e. The Labute approximate surface area is 151 Å². The van der Waals surface area contributed by atoms with E-state index in [1.807, 2.05) is 12.1 Å². The van der Waals surface area contributed by atoms with E-state index in [4.69, 9.17) is 10.8 Å². The highest BCUT2D eigenvalue weighted by atomic mass is 16.3. The molecule has 4 rings (SSSR count). The molecule has 26 heavy (non-hydrogen) atoms. The molecule has 0 radical (unpaired) electrons. The van der Waals surface area contributed by atoms with Crippen LogP contribution in [0.1, 0.15) is 18.9 Å². The van der Waals surface area contributed by atoms with Gasteiger partial charge in [-0.3, -0.25) is 0 Å². The number of aliphatic hydroxyl groups is 1. The number of nitrogens with two attached hydrogens (primary N) is 1. The van der Waals surface area contributed by atoms with E-state index in [1.54, 1.807) is 12.1 Å². The van der Waals surface area contributed by atoms with Gasteiger partial charge in [-0.05, 0) is 30.5 Å². The summed E-state index contributed by atoms with van der Waals surface area (Å²) in [4.78, 5) is 11.0. The molecule has 0 bridgehead atoms. The molecule has 0 saturated carbocycles. The molecule has 0 unspecified atom stereocenters. The fourth-order valence-corrected chi connectivity index (χ4v) is 3.81. The summed E-state index contributed by atoms with van der Waals surface area (Å²) < 4.78 is 2.21. The lowest BCUT2D eigenvalue weighted by atomic mass is 10.0. The first-order valence-electron chi connectivity index (χ1n) is 8.91. The number of benzene rings is 1. The number of phenols is 1. The second kappa shape index (κ2) is 6.93. The molecule has 1 aliphatic heterocycles. The Morgan fingerprint density at radius 3 is 2.54 bits per heavy atom. The molecule has 1 aromatic carbocycles. The Morgan fingerprint density at radius 1 is 1.12 bits per heavy atom. The zero-order chi connectivity index (χ0) is 18.1. The van der Waals surface area contributed by atoms with Crippen molar-refractivity contribution in [2.24, 2.45) is 0 Å². The molecule has 0 spiro atoms. The normalized spacial score (nSPS) is 16.3. The van der Waals surface area contributed by atoms with Gasteiger partial charge in [-0.2, -0.15) is 0 Å². The van der Waals surface area contributed by atoms with Crippen molar-refractivity contribution in [3.05, 3.63) is 36.8 Å². The number of nitrogens with zero attached hydrogens (tertiary/aromatic N) is 4. The number of aliphatic hydroxyl groups excluding tert-OH is 1. The largest absolute Gasteiger partial charge is 0.508 e. The molecule has 1 fully saturated rings. The average molecular weight is 353 g/mol. The van der Waals surface area contributed by atoms with Crippen LogP contribution in [0.4, 0.5) is 5.82 Å². The molecule has 1 aliphatic rings. The minimum Gasteiger partial charge on any atom is -0.508 e. The first-order valence-corrected chi connectivity index (χ1v) is 8.91. The molecular weight excluding hydrogens is 330 g/mol. The SMILES string of the molecule is Nc1ncnc2c1c(-c1ccc(O)cc1)cn2C1CCN(CCO)CC1. The first-order chi connectivity index (χ1) is 12.7. The Bertz CT molecular complexity index is 898. The summed E-state index contributed by atoms with van der Waals surface area (Å²) >= 11 is 0. The fourth-order valence-electron chi connectivity index (χ4n) is 3.81. The van der Waals surface area contributed by atoms with E-state index >= 15 is 0 Å². The number of aromatic nitrogens is 3. The first kappa shape index (κ1) is 16.8. The van der Waals surface area contributed by atoms with Crippen LogP contribution in [-0.2, 0) is 0 Å². The smallest absolute Gasteiger partial charge is 0.146 e. The number of phenolic OH excluding ortho intramolecular Hbond substituents is 1. The number of aromatic hydroxyl groups is 1. The molecule has 4 N–H and O–H groups in total. The summed E-state index contributed by atoms with van der Waals surface area (Å²) in [5.41, 5.74) is 8.99. The number of piperidine rings is 1. The van der Waals surface area contributed by atoms with Gasteiger partial charge in [0.25, 0.3) is 0 Å². The maximum absolute atomic E-state index is 9.57. The summed E-state index contributed by atoms with van der Waals surface area (Å²) in [7, 11) is 0. The monoisotopic (exact) mass is 353 g/mol. The summed E-state index contributed by atoms with van der Waals surface area (Å²) in [6.45, 7) is 2.85. The highest BCUT2D eigenvalue weighted by molar-refractivity contribution is 6.00. The van der Waals surface area contributed by atoms with E-state index < -0.39 is 0 Å². The molecule has 2 aromatic heterocycles. The molecule has 136 valence electrons. The van der Waals surface area contributed by atoms with Gasteiger partial charge in [0.2, 0.25) is 0 Å². The fraction of sp³-hybridized carbons (Fsp3) is 0.368. The van der Waals surface area contributed by atoms with Gasteiger partial charge in [0.15, 0.2) is 0 Å². The lowest BCUT2D eigenvalue weighted by Gasteiger charge is -2.32. The number of β-amino-alcohol motifs (C(OH)–C–C–N with tert-alkyl or cyclic N) is 1. The standard InChI is InChI=1S/C19H23N5O2/c20-18-17-16(13-1-3-15(26)4-2-13)11-24(19(17)22-12-21-18)14-5-7-23(8-6-14)9-10-25/h1-4,11-12,14,25-26H,5-10H2,(H2,20,21,22). The molecule has 7 nitrogen and oxygen atoms in total. The number of rotatable bonds is 4. The molecule has 1 saturated heterocycles. The van der Waals surface area contributed by atoms with Crippen LogP contribution in [0.5, 0.6) is 5.75 Å². The number of fused-ring (bicyclic) bond motifs is 1. The molecule has 0 amide bonds. The Balaban J connectivity index is 1.74. The molecule has 0 atom stereocenters. The third-order valence-electron chi connectivity index (χ3n) is 5.18. The van der Waals surface area contributed by atoms with Gasteiger partial charge in [-0.25, -0.2) is 9.97 Å². The van der Waals surface area contributed by atoms with Crippen molar-refractivity contribution in [3.8, 4) is 16.9 Å². The van der Waals surface area contributed by atoms with Gasteiger partial charge in [0.1, 0.15) is 23.5 Å². The number of hydrogen-bond acceptors (Lipinski definition) is 6. The number of likely N-dealkylation sites (tertiary alicyclic amines) is 1. The Kier molecular flexibility index (Phi) is 4.48. The minimum absolute atomic E-state index is 0.200. The average Bonchev–Trinajstić information content (AvgIpc) is 3.04. The van der Waals surface area contributed by atoms with Crippen molar-refractivity contribution in [3.63, 3.8) is 0 Å². The van der Waals surface area contributed by atoms with Gasteiger partial charge in [-0.1, -0.05) is 12.1 Å². The van der Waals surface area contributed by atoms with Crippen LogP contribution < -0.4 is 5.73 Å². The van der Waals surface area contributed by atoms with Crippen molar-refractivity contribution >= 4 is 16.9 Å². The van der Waals surface area contributed by atoms with Crippen molar-refractivity contribution in [2.45, 2.75) is 18.9 Å². The van der Waals surface area contributed by atoms with E-state index in [0.29, 0.717) is 11.9 Å². The van der Waals surface area contributed by atoms with Crippen LogP contribution in [0.15, 0.2) is 36.8 Å². The van der Waals surface area contributed by atoms with Gasteiger partial charge in [-0.15, -0.1) is 0 Å². The van der Waals surface area contributed by atoms with Gasteiger partial charge in [0, 0.05) is 37.4 Å². The number of anilines is 1. The zero-order valence-corrected chi connectivity index (χ0v) is 14.5. The van der Waals surface area contributed by atoms with Crippen LogP contribution in [0.3, 0.4) is 0 Å². The van der Waals surface area contributed by atoms with E-state index in [9.17, 15) is 5.11 Å². The molecular formula is C19H23N5O2. The van der Waals surface area contributed by atoms with Crippen LogP contribution in [0, 0.1) is 0 Å². The number of nitrogen functional groups attached to an aromatic ring is 1. The van der Waals surface area contributed by atoms with Gasteiger partial charge >= 0.3 is 0 Å². The van der Waals surface area contributed by atoms with E-state index in [2.05, 4.69) is 25.6 Å². The molecule has 3 aromatic rings. The second-order valence-corrected chi connectivity index (χ2v) is 6.75. The number of hydrogen-bond donors (Lipinski definition) is 3. The van der Waals surface area contributed by atoms with E-state index in [-0.39, 0.29) is 12.4 Å². The van der Waals surface area contributed by atoms with Crippen LogP contribution in [0.2, 0.25) is 0 Å². The van der Waals surface area contributed by atoms with E-state index in [1.165, 1.54) is 6.33 Å².